The summed E-state index contributed by atoms with van der Waals surface area (Å²) in [5.41, 5.74) is 2.55. The van der Waals surface area contributed by atoms with Gasteiger partial charge in [0.2, 0.25) is 5.91 Å². The lowest BCUT2D eigenvalue weighted by molar-refractivity contribution is -0.145. The van der Waals surface area contributed by atoms with Gasteiger partial charge in [0, 0.05) is 51.6 Å². The molecule has 0 spiro atoms. The normalized spacial score (nSPS) is 16.5. The van der Waals surface area contributed by atoms with Gasteiger partial charge in [0.25, 0.3) is 5.91 Å². The van der Waals surface area contributed by atoms with Crippen molar-refractivity contribution in [1.29, 1.82) is 0 Å². The van der Waals surface area contributed by atoms with Gasteiger partial charge >= 0.3 is 0 Å². The molecule has 3 heterocycles. The molecule has 0 aliphatic carbocycles. The summed E-state index contributed by atoms with van der Waals surface area (Å²) in [6.45, 7) is 8.74. The molecule has 0 saturated carbocycles. The summed E-state index contributed by atoms with van der Waals surface area (Å²) in [4.78, 5) is 31.5. The predicted molar refractivity (Wildman–Crippen MR) is 122 cm³/mol. The molecule has 1 aromatic carbocycles. The van der Waals surface area contributed by atoms with Gasteiger partial charge in [-0.1, -0.05) is 23.4 Å². The zero-order chi connectivity index (χ0) is 23.2. The van der Waals surface area contributed by atoms with Crippen LogP contribution >= 0.6 is 0 Å². The summed E-state index contributed by atoms with van der Waals surface area (Å²) in [6, 6.07) is 8.07. The van der Waals surface area contributed by atoms with Gasteiger partial charge in [0.15, 0.2) is 12.0 Å². The molecule has 178 valence electrons. The number of piperazine rings is 1. The van der Waals surface area contributed by atoms with Crippen molar-refractivity contribution in [3.63, 3.8) is 0 Å². The van der Waals surface area contributed by atoms with Crippen LogP contribution in [0, 0.1) is 0 Å². The summed E-state index contributed by atoms with van der Waals surface area (Å²) in [6.07, 6.45) is 2.11. The summed E-state index contributed by atoms with van der Waals surface area (Å²) in [5, 5.41) is 8.09. The molecule has 1 aromatic heterocycles. The summed E-state index contributed by atoms with van der Waals surface area (Å²) in [5.74, 6) is -0.0362. The van der Waals surface area contributed by atoms with E-state index < -0.39 is 6.29 Å². The Hall–Kier alpha value is -2.82. The van der Waals surface area contributed by atoms with Gasteiger partial charge in [0.1, 0.15) is 0 Å². The Morgan fingerprint density at radius 1 is 1.03 bits per heavy atom. The molecule has 10 heteroatoms. The standard InChI is InChI=1S/C23H32N6O4/c1-3-32-22(33-4-2)17-28-15-19(24-25-28)23(31)27-13-11-26(12-14-27)16-21(30)29-10-9-18-7-5-6-8-20(18)29/h5-8,15,22H,3-4,9-14,16-17H2,1-2H3. The van der Waals surface area contributed by atoms with Crippen LogP contribution in [0.2, 0.25) is 0 Å². The van der Waals surface area contributed by atoms with Gasteiger partial charge in [-0.15, -0.1) is 5.10 Å². The lowest BCUT2D eigenvalue weighted by Gasteiger charge is -2.34. The van der Waals surface area contributed by atoms with E-state index in [0.29, 0.717) is 58.2 Å². The fraction of sp³-hybridized carbons (Fsp3) is 0.565. The Balaban J connectivity index is 1.26. The zero-order valence-corrected chi connectivity index (χ0v) is 19.4. The van der Waals surface area contributed by atoms with Crippen molar-refractivity contribution in [1.82, 2.24) is 24.8 Å². The third kappa shape index (κ3) is 5.58. The van der Waals surface area contributed by atoms with E-state index >= 15 is 0 Å². The molecule has 0 atom stereocenters. The fourth-order valence-corrected chi connectivity index (χ4v) is 4.31. The highest BCUT2D eigenvalue weighted by Gasteiger charge is 2.29. The van der Waals surface area contributed by atoms with Crippen LogP contribution in [0.15, 0.2) is 30.5 Å². The van der Waals surface area contributed by atoms with Crippen LogP contribution in [0.25, 0.3) is 0 Å². The van der Waals surface area contributed by atoms with Crippen molar-refractivity contribution < 1.29 is 19.1 Å². The highest BCUT2D eigenvalue weighted by atomic mass is 16.7. The van der Waals surface area contributed by atoms with Crippen LogP contribution in [0.4, 0.5) is 5.69 Å². The maximum absolute atomic E-state index is 12.9. The van der Waals surface area contributed by atoms with Gasteiger partial charge in [-0.2, -0.15) is 0 Å². The van der Waals surface area contributed by atoms with E-state index in [9.17, 15) is 9.59 Å². The first kappa shape index (κ1) is 23.3. The number of aromatic nitrogens is 3. The second kappa shape index (κ2) is 10.9. The smallest absolute Gasteiger partial charge is 0.276 e. The molecule has 0 bridgehead atoms. The van der Waals surface area contributed by atoms with E-state index in [0.717, 1.165) is 18.7 Å². The molecule has 4 rings (SSSR count). The van der Waals surface area contributed by atoms with Crippen molar-refractivity contribution in [2.24, 2.45) is 0 Å². The second-order valence-electron chi connectivity index (χ2n) is 8.16. The number of rotatable bonds is 9. The van der Waals surface area contributed by atoms with E-state index in [1.54, 1.807) is 15.8 Å². The minimum Gasteiger partial charge on any atom is -0.351 e. The molecule has 2 aromatic rings. The van der Waals surface area contributed by atoms with Crippen LogP contribution in [0.5, 0.6) is 0 Å². The molecular formula is C23H32N6O4. The third-order valence-corrected chi connectivity index (χ3v) is 6.01. The second-order valence-corrected chi connectivity index (χ2v) is 8.16. The molecule has 0 N–H and O–H groups in total. The highest BCUT2D eigenvalue weighted by Crippen LogP contribution is 2.27. The molecule has 2 amide bonds. The molecule has 0 radical (unpaired) electrons. The molecular weight excluding hydrogens is 424 g/mol. The number of carbonyl (C=O) groups excluding carboxylic acids is 2. The Labute approximate surface area is 194 Å². The lowest BCUT2D eigenvalue weighted by Crippen LogP contribution is -2.51. The van der Waals surface area contributed by atoms with Crippen molar-refractivity contribution in [3.05, 3.63) is 41.7 Å². The Morgan fingerprint density at radius 3 is 2.48 bits per heavy atom. The first-order valence-corrected chi connectivity index (χ1v) is 11.6. The van der Waals surface area contributed by atoms with Crippen LogP contribution < -0.4 is 4.90 Å². The number of amides is 2. The van der Waals surface area contributed by atoms with E-state index in [1.165, 1.54) is 5.56 Å². The van der Waals surface area contributed by atoms with E-state index in [-0.39, 0.29) is 11.8 Å². The molecule has 10 nitrogen and oxygen atoms in total. The van der Waals surface area contributed by atoms with Crippen molar-refractivity contribution >= 4 is 17.5 Å². The zero-order valence-electron chi connectivity index (χ0n) is 19.4. The average molecular weight is 457 g/mol. The van der Waals surface area contributed by atoms with Gasteiger partial charge in [-0.25, -0.2) is 4.68 Å². The van der Waals surface area contributed by atoms with Gasteiger partial charge in [-0.05, 0) is 31.9 Å². The number of para-hydroxylation sites is 1. The van der Waals surface area contributed by atoms with Crippen LogP contribution in [-0.4, -0.2) is 95.4 Å². The number of nitrogens with zero attached hydrogens (tertiary/aromatic N) is 6. The first-order valence-electron chi connectivity index (χ1n) is 11.6. The lowest BCUT2D eigenvalue weighted by atomic mass is 10.2. The first-order chi connectivity index (χ1) is 16.1. The number of ether oxygens (including phenoxy) is 2. The third-order valence-electron chi connectivity index (χ3n) is 6.01. The van der Waals surface area contributed by atoms with E-state index in [4.69, 9.17) is 9.47 Å². The summed E-state index contributed by atoms with van der Waals surface area (Å²) >= 11 is 0. The maximum Gasteiger partial charge on any atom is 0.276 e. The Morgan fingerprint density at radius 2 is 1.76 bits per heavy atom. The van der Waals surface area contributed by atoms with Gasteiger partial charge < -0.3 is 19.3 Å². The molecule has 1 fully saturated rings. The number of fused-ring (bicyclic) bond motifs is 1. The topological polar surface area (TPSA) is 93.0 Å². The quantitative estimate of drug-likeness (QED) is 0.520. The molecule has 2 aliphatic rings. The monoisotopic (exact) mass is 456 g/mol. The molecule has 0 unspecified atom stereocenters. The number of benzene rings is 1. The van der Waals surface area contributed by atoms with Crippen LogP contribution in [-0.2, 0) is 27.2 Å². The van der Waals surface area contributed by atoms with E-state index in [1.807, 2.05) is 36.9 Å². The fourth-order valence-electron chi connectivity index (χ4n) is 4.31. The Kier molecular flexibility index (Phi) is 7.69. The largest absolute Gasteiger partial charge is 0.351 e. The average Bonchev–Trinajstić information content (AvgIpc) is 3.47. The van der Waals surface area contributed by atoms with Gasteiger partial charge in [-0.3, -0.25) is 14.5 Å². The SMILES string of the molecule is CCOC(Cn1cc(C(=O)N2CCN(CC(=O)N3CCc4ccccc43)CC2)nn1)OCC. The summed E-state index contributed by atoms with van der Waals surface area (Å²) in [7, 11) is 0. The molecule has 1 saturated heterocycles. The maximum atomic E-state index is 12.9. The van der Waals surface area contributed by atoms with Gasteiger partial charge in [0.05, 0.1) is 19.3 Å². The van der Waals surface area contributed by atoms with Crippen molar-refractivity contribution in [3.8, 4) is 0 Å². The highest BCUT2D eigenvalue weighted by molar-refractivity contribution is 5.96. The molecule has 2 aliphatic heterocycles. The number of carbonyl (C=O) groups is 2. The summed E-state index contributed by atoms with van der Waals surface area (Å²) < 4.78 is 12.6. The van der Waals surface area contributed by atoms with Crippen LogP contribution in [0.3, 0.4) is 0 Å². The number of anilines is 1. The Bertz CT molecular complexity index is 950. The molecule has 33 heavy (non-hydrogen) atoms. The van der Waals surface area contributed by atoms with Crippen LogP contribution in [0.1, 0.15) is 29.9 Å². The number of hydrogen-bond acceptors (Lipinski definition) is 7. The van der Waals surface area contributed by atoms with E-state index in [2.05, 4.69) is 21.3 Å². The minimum atomic E-state index is -0.423. The number of hydrogen-bond donors (Lipinski definition) is 0. The minimum absolute atomic E-state index is 0.112. The predicted octanol–water partition coefficient (Wildman–Crippen LogP) is 1.02. The van der Waals surface area contributed by atoms with Crippen molar-refractivity contribution in [2.75, 3.05) is 57.4 Å². The van der Waals surface area contributed by atoms with Crippen molar-refractivity contribution in [2.45, 2.75) is 33.1 Å².